The maximum Gasteiger partial charge on any atom is 0.300 e. The molecule has 1 aliphatic carbocycles. The van der Waals surface area contributed by atoms with E-state index in [1.165, 1.54) is 6.33 Å². The van der Waals surface area contributed by atoms with Crippen LogP contribution in [-0.4, -0.2) is 49.8 Å². The molecule has 0 atom stereocenters. The summed E-state index contributed by atoms with van der Waals surface area (Å²) in [5.74, 6) is 0.451. The van der Waals surface area contributed by atoms with Crippen molar-refractivity contribution in [3.8, 4) is 11.3 Å². The first-order chi connectivity index (χ1) is 17.5. The summed E-state index contributed by atoms with van der Waals surface area (Å²) in [6.45, 7) is 2.04. The molecule has 184 valence electrons. The molecule has 0 spiro atoms. The standard InChI is InChI=1S/C27H30N8O/c1-16-4-13-22-21(14-16)32-27(36-22)31-18-7-5-17(6-8-18)24-23-25(28)29-15-30-26(23)35(33-24)20-11-9-19(10-12-20)34(2)3/h4-8,13-15,19-20H,9-12H2,1-3H3,(H,31,32)(H2,28,29,30)/t19-,20+. The molecular formula is C27H30N8O. The number of nitrogen functional groups attached to an aromatic ring is 1. The van der Waals surface area contributed by atoms with Crippen molar-refractivity contribution in [3.05, 3.63) is 54.4 Å². The lowest BCUT2D eigenvalue weighted by molar-refractivity contribution is 0.191. The lowest BCUT2D eigenvalue weighted by Crippen LogP contribution is -2.33. The third kappa shape index (κ3) is 4.05. The van der Waals surface area contributed by atoms with Gasteiger partial charge in [0.25, 0.3) is 6.01 Å². The minimum atomic E-state index is 0.301. The van der Waals surface area contributed by atoms with Crippen molar-refractivity contribution in [1.82, 2.24) is 29.6 Å². The Hall–Kier alpha value is -3.98. The number of benzene rings is 2. The van der Waals surface area contributed by atoms with Crippen molar-refractivity contribution >= 4 is 39.7 Å². The quantitative estimate of drug-likeness (QED) is 0.346. The van der Waals surface area contributed by atoms with Gasteiger partial charge in [-0.1, -0.05) is 18.2 Å². The summed E-state index contributed by atoms with van der Waals surface area (Å²) < 4.78 is 7.90. The largest absolute Gasteiger partial charge is 0.423 e. The Morgan fingerprint density at radius 3 is 2.56 bits per heavy atom. The van der Waals surface area contributed by atoms with E-state index in [4.69, 9.17) is 15.2 Å². The number of nitrogens with two attached hydrogens (primary N) is 1. The maximum atomic E-state index is 6.33. The van der Waals surface area contributed by atoms with E-state index in [0.29, 0.717) is 23.9 Å². The molecule has 0 amide bonds. The fourth-order valence-corrected chi connectivity index (χ4v) is 5.20. The van der Waals surface area contributed by atoms with E-state index in [0.717, 1.165) is 70.3 Å². The van der Waals surface area contributed by atoms with E-state index >= 15 is 0 Å². The van der Waals surface area contributed by atoms with Gasteiger partial charge in [-0.15, -0.1) is 0 Å². The summed E-state index contributed by atoms with van der Waals surface area (Å²) in [4.78, 5) is 15.7. The van der Waals surface area contributed by atoms with Crippen LogP contribution in [0.2, 0.25) is 0 Å². The molecule has 3 N–H and O–H groups in total. The number of aromatic nitrogens is 5. The fourth-order valence-electron chi connectivity index (χ4n) is 5.20. The number of hydrogen-bond donors (Lipinski definition) is 2. The second kappa shape index (κ2) is 8.91. The first kappa shape index (κ1) is 22.5. The predicted octanol–water partition coefficient (Wildman–Crippen LogP) is 5.31. The maximum absolute atomic E-state index is 6.33. The number of fused-ring (bicyclic) bond motifs is 2. The van der Waals surface area contributed by atoms with Gasteiger partial charge in [-0.25, -0.2) is 14.6 Å². The Balaban J connectivity index is 1.29. The number of nitrogens with zero attached hydrogens (tertiary/aromatic N) is 6. The summed E-state index contributed by atoms with van der Waals surface area (Å²) in [5.41, 5.74) is 12.5. The van der Waals surface area contributed by atoms with Crippen LogP contribution in [0.4, 0.5) is 17.5 Å². The van der Waals surface area contributed by atoms with Gasteiger partial charge in [0.2, 0.25) is 0 Å². The van der Waals surface area contributed by atoms with E-state index < -0.39 is 0 Å². The zero-order valence-electron chi connectivity index (χ0n) is 20.8. The highest BCUT2D eigenvalue weighted by molar-refractivity contribution is 5.98. The molecule has 0 unspecified atom stereocenters. The number of hydrogen-bond acceptors (Lipinski definition) is 8. The minimum Gasteiger partial charge on any atom is -0.423 e. The topological polar surface area (TPSA) is 111 Å². The Kier molecular flexibility index (Phi) is 5.56. The second-order valence-electron chi connectivity index (χ2n) is 9.87. The van der Waals surface area contributed by atoms with Gasteiger partial charge < -0.3 is 20.4 Å². The SMILES string of the molecule is Cc1ccc2oc(Nc3ccc(-c4nn([C@H]5CC[C@@H](N(C)C)CC5)c5ncnc(N)c45)cc3)nc2c1. The Bertz CT molecular complexity index is 1530. The van der Waals surface area contributed by atoms with Gasteiger partial charge in [0.1, 0.15) is 23.4 Å². The number of anilines is 3. The monoisotopic (exact) mass is 482 g/mol. The first-order valence-electron chi connectivity index (χ1n) is 12.4. The zero-order valence-corrected chi connectivity index (χ0v) is 20.8. The Morgan fingerprint density at radius 2 is 1.81 bits per heavy atom. The predicted molar refractivity (Wildman–Crippen MR) is 142 cm³/mol. The van der Waals surface area contributed by atoms with Gasteiger partial charge in [0.15, 0.2) is 11.2 Å². The van der Waals surface area contributed by atoms with E-state index in [1.54, 1.807) is 0 Å². The molecule has 3 aromatic heterocycles. The van der Waals surface area contributed by atoms with Crippen LogP contribution < -0.4 is 11.1 Å². The Morgan fingerprint density at radius 1 is 1.03 bits per heavy atom. The summed E-state index contributed by atoms with van der Waals surface area (Å²) in [6, 6.07) is 15.4. The molecule has 5 aromatic rings. The van der Waals surface area contributed by atoms with Crippen LogP contribution in [-0.2, 0) is 0 Å². The van der Waals surface area contributed by atoms with Crippen molar-refractivity contribution in [2.75, 3.05) is 25.1 Å². The summed E-state index contributed by atoms with van der Waals surface area (Å²) >= 11 is 0. The van der Waals surface area contributed by atoms with Crippen LogP contribution in [0.1, 0.15) is 37.3 Å². The molecule has 3 heterocycles. The lowest BCUT2D eigenvalue weighted by Gasteiger charge is -2.32. The number of rotatable bonds is 5. The van der Waals surface area contributed by atoms with Crippen LogP contribution in [0.5, 0.6) is 0 Å². The van der Waals surface area contributed by atoms with Gasteiger partial charge in [0.05, 0.1) is 11.4 Å². The molecule has 0 saturated heterocycles. The molecule has 1 fully saturated rings. The van der Waals surface area contributed by atoms with Crippen molar-refractivity contribution in [2.24, 2.45) is 0 Å². The molecule has 6 rings (SSSR count). The molecule has 9 nitrogen and oxygen atoms in total. The number of oxazole rings is 1. The van der Waals surface area contributed by atoms with E-state index in [1.807, 2.05) is 49.4 Å². The number of nitrogens with one attached hydrogen (secondary N) is 1. The lowest BCUT2D eigenvalue weighted by atomic mass is 9.90. The summed E-state index contributed by atoms with van der Waals surface area (Å²) in [5, 5.41) is 9.10. The molecule has 1 saturated carbocycles. The minimum absolute atomic E-state index is 0.301. The molecule has 2 aromatic carbocycles. The van der Waals surface area contributed by atoms with Crippen molar-refractivity contribution in [3.63, 3.8) is 0 Å². The molecular weight excluding hydrogens is 452 g/mol. The van der Waals surface area contributed by atoms with Crippen LogP contribution >= 0.6 is 0 Å². The third-order valence-electron chi connectivity index (χ3n) is 7.21. The summed E-state index contributed by atoms with van der Waals surface area (Å²) in [6.07, 6.45) is 5.95. The van der Waals surface area contributed by atoms with Gasteiger partial charge in [-0.3, -0.25) is 0 Å². The smallest absolute Gasteiger partial charge is 0.300 e. The number of aryl methyl sites for hydroxylation is 1. The molecule has 1 aliphatic rings. The zero-order chi connectivity index (χ0) is 24.8. The summed E-state index contributed by atoms with van der Waals surface area (Å²) in [7, 11) is 4.31. The van der Waals surface area contributed by atoms with E-state index in [9.17, 15) is 0 Å². The van der Waals surface area contributed by atoms with Crippen molar-refractivity contribution in [1.29, 1.82) is 0 Å². The van der Waals surface area contributed by atoms with Gasteiger partial charge in [-0.2, -0.15) is 10.1 Å². The van der Waals surface area contributed by atoms with Crippen LogP contribution in [0.15, 0.2) is 53.2 Å². The second-order valence-corrected chi connectivity index (χ2v) is 9.87. The average Bonchev–Trinajstić information content (AvgIpc) is 3.46. The van der Waals surface area contributed by atoms with Gasteiger partial charge in [-0.05, 0) is 76.5 Å². The first-order valence-corrected chi connectivity index (χ1v) is 12.4. The van der Waals surface area contributed by atoms with Crippen LogP contribution in [0.25, 0.3) is 33.4 Å². The molecule has 0 aliphatic heterocycles. The van der Waals surface area contributed by atoms with Crippen LogP contribution in [0.3, 0.4) is 0 Å². The highest BCUT2D eigenvalue weighted by Crippen LogP contribution is 2.37. The van der Waals surface area contributed by atoms with Crippen LogP contribution in [0, 0.1) is 6.92 Å². The van der Waals surface area contributed by atoms with Crippen molar-refractivity contribution < 1.29 is 4.42 Å². The molecule has 0 bridgehead atoms. The molecule has 36 heavy (non-hydrogen) atoms. The third-order valence-corrected chi connectivity index (χ3v) is 7.21. The van der Waals surface area contributed by atoms with E-state index in [2.05, 4.69) is 43.9 Å². The normalized spacial score (nSPS) is 18.3. The highest BCUT2D eigenvalue weighted by atomic mass is 16.4. The molecule has 9 heteroatoms. The Labute approximate surface area is 209 Å². The van der Waals surface area contributed by atoms with Gasteiger partial charge in [0, 0.05) is 17.3 Å². The molecule has 0 radical (unpaired) electrons. The highest BCUT2D eigenvalue weighted by Gasteiger charge is 2.27. The van der Waals surface area contributed by atoms with Crippen molar-refractivity contribution in [2.45, 2.75) is 44.7 Å². The fraction of sp³-hybridized carbons (Fsp3) is 0.333. The average molecular weight is 483 g/mol. The van der Waals surface area contributed by atoms with Gasteiger partial charge >= 0.3 is 0 Å². The van der Waals surface area contributed by atoms with E-state index in [-0.39, 0.29) is 0 Å².